The number of aliphatic hydroxyl groups is 1. The van der Waals surface area contributed by atoms with Crippen molar-refractivity contribution in [2.24, 2.45) is 0 Å². The molecule has 1 fully saturated rings. The molecule has 2 N–H and O–H groups in total. The van der Waals surface area contributed by atoms with Crippen molar-refractivity contribution >= 4 is 11.8 Å². The Morgan fingerprint density at radius 2 is 2.12 bits per heavy atom. The molecule has 1 aliphatic rings. The Morgan fingerprint density at radius 3 is 2.75 bits per heavy atom. The minimum absolute atomic E-state index is 0.0568. The average Bonchev–Trinajstić information content (AvgIpc) is 2.39. The second-order valence-corrected chi connectivity index (χ2v) is 5.54. The van der Waals surface area contributed by atoms with E-state index in [2.05, 4.69) is 29.6 Å². The van der Waals surface area contributed by atoms with Crippen molar-refractivity contribution in [2.75, 3.05) is 18.1 Å². The van der Waals surface area contributed by atoms with Crippen LogP contribution in [0.25, 0.3) is 0 Å². The molecule has 0 aliphatic carbocycles. The first kappa shape index (κ1) is 12.0. The highest BCUT2D eigenvalue weighted by Gasteiger charge is 2.30. The Balaban J connectivity index is 1.92. The van der Waals surface area contributed by atoms with E-state index in [4.69, 9.17) is 0 Å². The third-order valence-corrected chi connectivity index (χ3v) is 4.47. The van der Waals surface area contributed by atoms with Crippen LogP contribution in [0.4, 0.5) is 0 Å². The summed E-state index contributed by atoms with van der Waals surface area (Å²) < 4.78 is 0. The summed E-state index contributed by atoms with van der Waals surface area (Å²) in [4.78, 5) is 0. The molecule has 0 spiro atoms. The summed E-state index contributed by atoms with van der Waals surface area (Å²) in [6.45, 7) is 1.09. The standard InChI is InChI=1S/C13H19NOS/c15-10-13(7-4-8-16-11-13)14-9-12-5-2-1-3-6-12/h1-3,5-6,14-15H,4,7-11H2. The van der Waals surface area contributed by atoms with E-state index >= 15 is 0 Å². The van der Waals surface area contributed by atoms with Gasteiger partial charge in [0.2, 0.25) is 0 Å². The van der Waals surface area contributed by atoms with Crippen LogP contribution < -0.4 is 5.32 Å². The summed E-state index contributed by atoms with van der Waals surface area (Å²) in [6, 6.07) is 10.4. The molecule has 2 rings (SSSR count). The number of aliphatic hydroxyl groups excluding tert-OH is 1. The first-order valence-electron chi connectivity index (χ1n) is 5.82. The molecule has 16 heavy (non-hydrogen) atoms. The number of benzene rings is 1. The van der Waals surface area contributed by atoms with Gasteiger partial charge in [0.1, 0.15) is 0 Å². The molecule has 0 bridgehead atoms. The topological polar surface area (TPSA) is 32.3 Å². The van der Waals surface area contributed by atoms with Crippen LogP contribution in [0.2, 0.25) is 0 Å². The van der Waals surface area contributed by atoms with Gasteiger partial charge in [-0.15, -0.1) is 0 Å². The van der Waals surface area contributed by atoms with Crippen LogP contribution in [0, 0.1) is 0 Å². The van der Waals surface area contributed by atoms with Crippen LogP contribution in [0.15, 0.2) is 30.3 Å². The molecule has 1 atom stereocenters. The zero-order valence-electron chi connectivity index (χ0n) is 9.48. The van der Waals surface area contributed by atoms with Crippen molar-refractivity contribution in [2.45, 2.75) is 24.9 Å². The molecule has 1 aromatic rings. The monoisotopic (exact) mass is 237 g/mol. The predicted octanol–water partition coefficient (Wildman–Crippen LogP) is 2.03. The average molecular weight is 237 g/mol. The second kappa shape index (κ2) is 5.71. The van der Waals surface area contributed by atoms with Crippen LogP contribution in [0.5, 0.6) is 0 Å². The second-order valence-electron chi connectivity index (χ2n) is 4.43. The SMILES string of the molecule is OCC1(NCc2ccccc2)CCCSC1. The lowest BCUT2D eigenvalue weighted by molar-refractivity contribution is 0.165. The van der Waals surface area contributed by atoms with Crippen molar-refractivity contribution in [3.05, 3.63) is 35.9 Å². The van der Waals surface area contributed by atoms with E-state index < -0.39 is 0 Å². The van der Waals surface area contributed by atoms with E-state index in [1.807, 2.05) is 17.8 Å². The van der Waals surface area contributed by atoms with E-state index in [0.717, 1.165) is 18.7 Å². The zero-order valence-corrected chi connectivity index (χ0v) is 10.3. The quantitative estimate of drug-likeness (QED) is 0.840. The summed E-state index contributed by atoms with van der Waals surface area (Å²) in [7, 11) is 0. The van der Waals surface area contributed by atoms with E-state index in [0.29, 0.717) is 0 Å². The number of rotatable bonds is 4. The van der Waals surface area contributed by atoms with Gasteiger partial charge in [-0.2, -0.15) is 11.8 Å². The first-order valence-corrected chi connectivity index (χ1v) is 6.98. The first-order chi connectivity index (χ1) is 7.85. The molecule has 0 amide bonds. The lowest BCUT2D eigenvalue weighted by atomic mass is 9.96. The highest BCUT2D eigenvalue weighted by atomic mass is 32.2. The Morgan fingerprint density at radius 1 is 1.31 bits per heavy atom. The van der Waals surface area contributed by atoms with E-state index in [-0.39, 0.29) is 12.1 Å². The maximum Gasteiger partial charge on any atom is 0.0621 e. The van der Waals surface area contributed by atoms with Crippen LogP contribution in [-0.4, -0.2) is 28.8 Å². The normalized spacial score (nSPS) is 25.6. The van der Waals surface area contributed by atoms with Gasteiger partial charge in [-0.1, -0.05) is 30.3 Å². The molecular formula is C13H19NOS. The van der Waals surface area contributed by atoms with Gasteiger partial charge in [0.25, 0.3) is 0 Å². The zero-order chi connectivity index (χ0) is 11.3. The van der Waals surface area contributed by atoms with Gasteiger partial charge in [0, 0.05) is 12.3 Å². The molecule has 1 saturated heterocycles. The molecule has 1 heterocycles. The van der Waals surface area contributed by atoms with Crippen molar-refractivity contribution in [1.29, 1.82) is 0 Å². The van der Waals surface area contributed by atoms with Crippen molar-refractivity contribution in [3.63, 3.8) is 0 Å². The fraction of sp³-hybridized carbons (Fsp3) is 0.538. The Labute approximate surface area is 101 Å². The molecular weight excluding hydrogens is 218 g/mol. The molecule has 3 heteroatoms. The molecule has 0 radical (unpaired) electrons. The van der Waals surface area contributed by atoms with Crippen LogP contribution >= 0.6 is 11.8 Å². The largest absolute Gasteiger partial charge is 0.394 e. The minimum Gasteiger partial charge on any atom is -0.394 e. The third-order valence-electron chi connectivity index (χ3n) is 3.14. The minimum atomic E-state index is -0.0568. The highest BCUT2D eigenvalue weighted by molar-refractivity contribution is 7.99. The molecule has 88 valence electrons. The highest BCUT2D eigenvalue weighted by Crippen LogP contribution is 2.26. The fourth-order valence-corrected chi connectivity index (χ4v) is 3.28. The van der Waals surface area contributed by atoms with Gasteiger partial charge in [0.05, 0.1) is 12.1 Å². The van der Waals surface area contributed by atoms with Gasteiger partial charge in [-0.25, -0.2) is 0 Å². The fourth-order valence-electron chi connectivity index (χ4n) is 2.06. The molecule has 2 nitrogen and oxygen atoms in total. The molecule has 0 aromatic heterocycles. The van der Waals surface area contributed by atoms with Gasteiger partial charge in [0.15, 0.2) is 0 Å². The number of hydrogen-bond donors (Lipinski definition) is 2. The summed E-state index contributed by atoms with van der Waals surface area (Å²) in [5, 5.41) is 13.1. The number of thioether (sulfide) groups is 1. The predicted molar refractivity (Wildman–Crippen MR) is 69.7 cm³/mol. The lowest BCUT2D eigenvalue weighted by Gasteiger charge is -2.36. The van der Waals surface area contributed by atoms with Crippen LogP contribution in [0.1, 0.15) is 18.4 Å². The molecule has 1 aliphatic heterocycles. The summed E-state index contributed by atoms with van der Waals surface area (Å²) in [5.74, 6) is 2.26. The van der Waals surface area contributed by atoms with Gasteiger partial charge >= 0.3 is 0 Å². The maximum atomic E-state index is 9.54. The number of hydrogen-bond acceptors (Lipinski definition) is 3. The Hall–Kier alpha value is -0.510. The molecule has 0 saturated carbocycles. The van der Waals surface area contributed by atoms with Crippen molar-refractivity contribution in [3.8, 4) is 0 Å². The van der Waals surface area contributed by atoms with E-state index in [9.17, 15) is 5.11 Å². The van der Waals surface area contributed by atoms with E-state index in [1.165, 1.54) is 17.7 Å². The van der Waals surface area contributed by atoms with Crippen LogP contribution in [-0.2, 0) is 6.54 Å². The molecule has 1 unspecified atom stereocenters. The summed E-state index contributed by atoms with van der Waals surface area (Å²) >= 11 is 1.94. The van der Waals surface area contributed by atoms with Gasteiger partial charge in [-0.05, 0) is 24.2 Å². The third kappa shape index (κ3) is 3.00. The maximum absolute atomic E-state index is 9.54. The Bertz CT molecular complexity index is 309. The van der Waals surface area contributed by atoms with Crippen LogP contribution in [0.3, 0.4) is 0 Å². The molecule has 1 aromatic carbocycles. The van der Waals surface area contributed by atoms with Crippen molar-refractivity contribution in [1.82, 2.24) is 5.32 Å². The lowest BCUT2D eigenvalue weighted by Crippen LogP contribution is -2.52. The smallest absolute Gasteiger partial charge is 0.0621 e. The Kier molecular flexibility index (Phi) is 4.27. The van der Waals surface area contributed by atoms with Gasteiger partial charge < -0.3 is 10.4 Å². The summed E-state index contributed by atoms with van der Waals surface area (Å²) in [6.07, 6.45) is 2.29. The number of nitrogens with one attached hydrogen (secondary N) is 1. The van der Waals surface area contributed by atoms with Gasteiger partial charge in [-0.3, -0.25) is 0 Å². The van der Waals surface area contributed by atoms with E-state index in [1.54, 1.807) is 0 Å². The van der Waals surface area contributed by atoms with Crippen molar-refractivity contribution < 1.29 is 5.11 Å². The summed E-state index contributed by atoms with van der Waals surface area (Å²) in [5.41, 5.74) is 1.23.